The van der Waals surface area contributed by atoms with Crippen LogP contribution >= 0.6 is 11.3 Å². The molecule has 3 heterocycles. The maximum absolute atomic E-state index is 14.2. The third-order valence-electron chi connectivity index (χ3n) is 7.76. The van der Waals surface area contributed by atoms with Crippen molar-refractivity contribution in [2.45, 2.75) is 45.7 Å². The van der Waals surface area contributed by atoms with Gasteiger partial charge in [0.1, 0.15) is 11.4 Å². The maximum atomic E-state index is 14.2. The van der Waals surface area contributed by atoms with E-state index >= 15 is 0 Å². The van der Waals surface area contributed by atoms with Gasteiger partial charge in [0.25, 0.3) is 11.8 Å². The number of hydrogen-bond acceptors (Lipinski definition) is 8. The molecule has 6 rings (SSSR count). The molecule has 2 amide bonds. The minimum atomic E-state index is -0.720. The molecule has 1 aliphatic carbocycles. The third kappa shape index (κ3) is 5.63. The molecule has 0 bridgehead atoms. The molecule has 2 aliphatic rings. The van der Waals surface area contributed by atoms with E-state index in [4.69, 9.17) is 15.2 Å². The van der Waals surface area contributed by atoms with Crippen molar-refractivity contribution in [1.29, 1.82) is 0 Å². The predicted octanol–water partition coefficient (Wildman–Crippen LogP) is 5.42. The number of hydrogen-bond donors (Lipinski definition) is 3. The average molecular weight is 597 g/mol. The Morgan fingerprint density at radius 1 is 1.02 bits per heavy atom. The highest BCUT2D eigenvalue weighted by Crippen LogP contribution is 2.43. The molecule has 1 aliphatic heterocycles. The molecule has 0 unspecified atom stereocenters. The molecule has 0 atom stereocenters. The van der Waals surface area contributed by atoms with E-state index in [9.17, 15) is 14.4 Å². The third-order valence-corrected chi connectivity index (χ3v) is 8.75. The summed E-state index contributed by atoms with van der Waals surface area (Å²) in [6, 6.07) is 12.9. The number of amides is 2. The Morgan fingerprint density at radius 3 is 2.49 bits per heavy atom. The Hall–Kier alpha value is -4.54. The van der Waals surface area contributed by atoms with E-state index in [1.165, 1.54) is 7.11 Å². The molecule has 0 saturated heterocycles. The monoisotopic (exact) mass is 596 g/mol. The first-order valence-electron chi connectivity index (χ1n) is 14.2. The SMILES string of the molecule is COC(=O)c1nc(C(=O)NC2CC2)ccc1-c1cc2c(cc1C(=O)Nc1c(C)cc(CN)cc1C)-c1sccc1CCO2. The lowest BCUT2D eigenvalue weighted by Gasteiger charge is -2.19. The average Bonchev–Trinajstić information content (AvgIpc) is 3.74. The number of carbonyl (C=O) groups excluding carboxylic acids is 3. The zero-order valence-electron chi connectivity index (χ0n) is 24.2. The normalized spacial score (nSPS) is 13.7. The van der Waals surface area contributed by atoms with E-state index < -0.39 is 5.97 Å². The molecular formula is C33H32N4O5S. The van der Waals surface area contributed by atoms with Crippen LogP contribution in [0.2, 0.25) is 0 Å². The maximum Gasteiger partial charge on any atom is 0.357 e. The molecule has 2 aromatic carbocycles. The van der Waals surface area contributed by atoms with Gasteiger partial charge in [0.15, 0.2) is 5.69 Å². The second-order valence-electron chi connectivity index (χ2n) is 10.9. The first-order valence-corrected chi connectivity index (χ1v) is 15.0. The standard InChI is InChI=1S/C33H32N4O5S/c1-17-12-19(16-34)13-18(2)28(17)37-31(38)24-14-25-27(42-10-8-20-9-11-43-30(20)25)15-23(24)22-6-7-26(32(39)35-21-4-5-21)36-29(22)33(40)41-3/h6-7,9,11-15,21H,4-5,8,10,16,34H2,1-3H3,(H,35,39)(H,37,38). The number of carbonyl (C=O) groups is 3. The quantitative estimate of drug-likeness (QED) is 0.243. The Kier molecular flexibility index (Phi) is 7.72. The first kappa shape index (κ1) is 28.6. The van der Waals surface area contributed by atoms with E-state index in [1.807, 2.05) is 37.4 Å². The van der Waals surface area contributed by atoms with Gasteiger partial charge in [-0.3, -0.25) is 9.59 Å². The molecule has 2 aromatic heterocycles. The molecule has 43 heavy (non-hydrogen) atoms. The van der Waals surface area contributed by atoms with E-state index in [1.54, 1.807) is 29.5 Å². The summed E-state index contributed by atoms with van der Waals surface area (Å²) in [5, 5.41) is 8.03. The van der Waals surface area contributed by atoms with Crippen molar-refractivity contribution in [3.8, 4) is 27.3 Å². The molecule has 4 N–H and O–H groups in total. The minimum Gasteiger partial charge on any atom is -0.493 e. The molecule has 220 valence electrons. The zero-order valence-corrected chi connectivity index (χ0v) is 25.0. The van der Waals surface area contributed by atoms with Gasteiger partial charge in [-0.05, 0) is 84.7 Å². The zero-order chi connectivity index (χ0) is 30.2. The highest BCUT2D eigenvalue weighted by Gasteiger charge is 2.29. The summed E-state index contributed by atoms with van der Waals surface area (Å²) in [7, 11) is 1.26. The molecule has 10 heteroatoms. The van der Waals surface area contributed by atoms with E-state index in [0.29, 0.717) is 41.3 Å². The van der Waals surface area contributed by atoms with Crippen LogP contribution < -0.4 is 21.1 Å². The number of thiophene rings is 1. The van der Waals surface area contributed by atoms with Gasteiger partial charge in [0, 0.05) is 51.8 Å². The second-order valence-corrected chi connectivity index (χ2v) is 11.8. The summed E-state index contributed by atoms with van der Waals surface area (Å²) in [6.07, 6.45) is 2.57. The van der Waals surface area contributed by atoms with Gasteiger partial charge in [-0.1, -0.05) is 12.1 Å². The summed E-state index contributed by atoms with van der Waals surface area (Å²) >= 11 is 1.59. The van der Waals surface area contributed by atoms with Gasteiger partial charge >= 0.3 is 5.97 Å². The number of fused-ring (bicyclic) bond motifs is 3. The predicted molar refractivity (Wildman–Crippen MR) is 166 cm³/mol. The fourth-order valence-corrected chi connectivity index (χ4v) is 6.39. The Labute approximate surface area is 253 Å². The molecular weight excluding hydrogens is 564 g/mol. The van der Waals surface area contributed by atoms with Crippen molar-refractivity contribution >= 4 is 34.8 Å². The number of anilines is 1. The lowest BCUT2D eigenvalue weighted by Crippen LogP contribution is -2.27. The van der Waals surface area contributed by atoms with Crippen LogP contribution in [-0.4, -0.2) is 42.5 Å². The topological polar surface area (TPSA) is 133 Å². The van der Waals surface area contributed by atoms with Crippen molar-refractivity contribution in [3.63, 3.8) is 0 Å². The van der Waals surface area contributed by atoms with E-state index in [0.717, 1.165) is 52.0 Å². The number of esters is 1. The second kappa shape index (κ2) is 11.6. The van der Waals surface area contributed by atoms with Crippen LogP contribution in [0.1, 0.15) is 66.4 Å². The van der Waals surface area contributed by atoms with Crippen LogP contribution in [0.3, 0.4) is 0 Å². The molecule has 0 radical (unpaired) electrons. The molecule has 1 saturated carbocycles. The van der Waals surface area contributed by atoms with Crippen molar-refractivity contribution in [3.05, 3.63) is 87.0 Å². The van der Waals surface area contributed by atoms with Gasteiger partial charge in [-0.25, -0.2) is 9.78 Å². The number of aryl methyl sites for hydroxylation is 2. The van der Waals surface area contributed by atoms with Crippen molar-refractivity contribution in [2.75, 3.05) is 19.0 Å². The highest BCUT2D eigenvalue weighted by atomic mass is 32.1. The number of aromatic nitrogens is 1. The van der Waals surface area contributed by atoms with Crippen LogP contribution in [0.15, 0.2) is 47.8 Å². The summed E-state index contributed by atoms with van der Waals surface area (Å²) < 4.78 is 11.2. The number of methoxy groups -OCH3 is 1. The summed E-state index contributed by atoms with van der Waals surface area (Å²) in [4.78, 5) is 45.5. The van der Waals surface area contributed by atoms with Crippen LogP contribution in [0.25, 0.3) is 21.6 Å². The fourth-order valence-electron chi connectivity index (χ4n) is 5.42. The summed E-state index contributed by atoms with van der Waals surface area (Å²) in [5.41, 5.74) is 12.4. The molecule has 4 aromatic rings. The van der Waals surface area contributed by atoms with Gasteiger partial charge < -0.3 is 25.8 Å². The number of nitrogens with one attached hydrogen (secondary N) is 2. The van der Waals surface area contributed by atoms with E-state index in [-0.39, 0.29) is 29.2 Å². The first-order chi connectivity index (χ1) is 20.8. The molecule has 1 fully saturated rings. The van der Waals surface area contributed by atoms with E-state index in [2.05, 4.69) is 21.7 Å². The van der Waals surface area contributed by atoms with Gasteiger partial charge in [0.2, 0.25) is 0 Å². The van der Waals surface area contributed by atoms with Crippen LogP contribution in [-0.2, 0) is 17.7 Å². The van der Waals surface area contributed by atoms with Crippen LogP contribution in [0.4, 0.5) is 5.69 Å². The van der Waals surface area contributed by atoms with Gasteiger partial charge in [0.05, 0.1) is 13.7 Å². The number of pyridine rings is 1. The molecule has 9 nitrogen and oxygen atoms in total. The minimum absolute atomic E-state index is 0.0648. The van der Waals surface area contributed by atoms with Crippen LogP contribution in [0.5, 0.6) is 5.75 Å². The van der Waals surface area contributed by atoms with Crippen molar-refractivity contribution < 1.29 is 23.9 Å². The number of nitrogens with two attached hydrogens (primary N) is 1. The van der Waals surface area contributed by atoms with Crippen molar-refractivity contribution in [2.24, 2.45) is 5.73 Å². The smallest absolute Gasteiger partial charge is 0.357 e. The Morgan fingerprint density at radius 2 is 1.79 bits per heavy atom. The van der Waals surface area contributed by atoms with Gasteiger partial charge in [-0.2, -0.15) is 0 Å². The summed E-state index contributed by atoms with van der Waals surface area (Å²) in [5.74, 6) is -0.848. The number of ether oxygens (including phenoxy) is 2. The Bertz CT molecular complexity index is 1750. The largest absolute Gasteiger partial charge is 0.493 e. The number of nitrogens with zero attached hydrogens (tertiary/aromatic N) is 1. The number of benzene rings is 2. The lowest BCUT2D eigenvalue weighted by atomic mass is 9.93. The molecule has 0 spiro atoms. The Balaban J connectivity index is 1.51. The van der Waals surface area contributed by atoms with Crippen molar-refractivity contribution in [1.82, 2.24) is 10.3 Å². The summed E-state index contributed by atoms with van der Waals surface area (Å²) in [6.45, 7) is 4.72. The lowest BCUT2D eigenvalue weighted by molar-refractivity contribution is 0.0594. The van der Waals surface area contributed by atoms with Gasteiger partial charge in [-0.15, -0.1) is 11.3 Å². The van der Waals surface area contributed by atoms with Crippen LogP contribution in [0, 0.1) is 13.8 Å². The highest BCUT2D eigenvalue weighted by molar-refractivity contribution is 7.13. The fraction of sp³-hybridized carbons (Fsp3) is 0.273. The number of rotatable bonds is 7.